The number of ether oxygens (including phenoxy) is 1. The van der Waals surface area contributed by atoms with Crippen LogP contribution in [0.5, 0.6) is 5.75 Å². The summed E-state index contributed by atoms with van der Waals surface area (Å²) in [7, 11) is 3.59. The minimum atomic E-state index is 0. The summed E-state index contributed by atoms with van der Waals surface area (Å²) in [5.41, 5.74) is 1.17. The largest absolute Gasteiger partial charge is 0.495 e. The predicted molar refractivity (Wildman–Crippen MR) is 128 cm³/mol. The van der Waals surface area contributed by atoms with Gasteiger partial charge in [-0.1, -0.05) is 19.1 Å². The van der Waals surface area contributed by atoms with Crippen LogP contribution in [0, 0.1) is 5.92 Å². The Morgan fingerprint density at radius 2 is 2.00 bits per heavy atom. The first-order valence-corrected chi connectivity index (χ1v) is 10.3. The maximum Gasteiger partial charge on any atom is 0.191 e. The maximum atomic E-state index is 5.51. The van der Waals surface area contributed by atoms with Crippen molar-refractivity contribution in [3.05, 3.63) is 24.3 Å². The van der Waals surface area contributed by atoms with Crippen LogP contribution in [0.2, 0.25) is 0 Å². The van der Waals surface area contributed by atoms with Gasteiger partial charge in [-0.3, -0.25) is 4.99 Å². The van der Waals surface area contributed by atoms with Gasteiger partial charge in [0.2, 0.25) is 0 Å². The van der Waals surface area contributed by atoms with Crippen molar-refractivity contribution in [1.29, 1.82) is 0 Å². The highest BCUT2D eigenvalue weighted by atomic mass is 127. The number of para-hydroxylation sites is 2. The Bertz CT molecular complexity index is 621. The molecule has 2 unspecified atom stereocenters. The topological polar surface area (TPSA) is 52.1 Å². The molecule has 0 aromatic heterocycles. The van der Waals surface area contributed by atoms with E-state index >= 15 is 0 Å². The lowest BCUT2D eigenvalue weighted by Crippen LogP contribution is -2.46. The number of rotatable bonds is 7. The molecule has 7 heteroatoms. The van der Waals surface area contributed by atoms with Crippen molar-refractivity contribution in [3.8, 4) is 5.75 Å². The van der Waals surface area contributed by atoms with E-state index in [-0.39, 0.29) is 24.0 Å². The standard InChI is InChI=1S/C21H35N5O.HI/c1-17(15-25-11-6-7-12-25)14-23-21(22-2)24-18-10-13-26(16-18)19-8-4-5-9-20(19)27-3;/h4-5,8-9,17-18H,6-7,10-16H2,1-3H3,(H2,22,23,24);1H. The van der Waals surface area contributed by atoms with Crippen LogP contribution in [0.4, 0.5) is 5.69 Å². The van der Waals surface area contributed by atoms with E-state index in [2.05, 4.69) is 44.5 Å². The first-order chi connectivity index (χ1) is 13.2. The van der Waals surface area contributed by atoms with Crippen molar-refractivity contribution in [2.75, 3.05) is 58.3 Å². The fourth-order valence-electron chi connectivity index (χ4n) is 4.12. The number of hydrogen-bond acceptors (Lipinski definition) is 4. The van der Waals surface area contributed by atoms with Gasteiger partial charge in [-0.2, -0.15) is 0 Å². The molecule has 1 aromatic carbocycles. The minimum absolute atomic E-state index is 0. The van der Waals surface area contributed by atoms with E-state index in [0.29, 0.717) is 12.0 Å². The third-order valence-corrected chi connectivity index (χ3v) is 5.57. The molecule has 2 N–H and O–H groups in total. The molecular weight excluding hydrogens is 465 g/mol. The van der Waals surface area contributed by atoms with Crippen LogP contribution in [0.15, 0.2) is 29.3 Å². The summed E-state index contributed by atoms with van der Waals surface area (Å²) < 4.78 is 5.51. The lowest BCUT2D eigenvalue weighted by molar-refractivity contribution is 0.287. The van der Waals surface area contributed by atoms with Gasteiger partial charge in [-0.05, 0) is 50.4 Å². The van der Waals surface area contributed by atoms with E-state index in [9.17, 15) is 0 Å². The van der Waals surface area contributed by atoms with Crippen LogP contribution in [0.3, 0.4) is 0 Å². The SMILES string of the molecule is CN=C(NCC(C)CN1CCCC1)NC1CCN(c2ccccc2OC)C1.I. The number of nitrogens with zero attached hydrogens (tertiary/aromatic N) is 3. The zero-order valence-corrected chi connectivity index (χ0v) is 19.8. The number of benzene rings is 1. The molecule has 0 aliphatic carbocycles. The summed E-state index contributed by atoms with van der Waals surface area (Å²) >= 11 is 0. The quantitative estimate of drug-likeness (QED) is 0.342. The van der Waals surface area contributed by atoms with E-state index in [1.807, 2.05) is 19.2 Å². The molecule has 0 bridgehead atoms. The molecule has 6 nitrogen and oxygen atoms in total. The molecule has 0 saturated carbocycles. The Morgan fingerprint density at radius 3 is 2.71 bits per heavy atom. The lowest BCUT2D eigenvalue weighted by Gasteiger charge is -2.23. The van der Waals surface area contributed by atoms with Crippen LogP contribution >= 0.6 is 24.0 Å². The molecule has 2 heterocycles. The van der Waals surface area contributed by atoms with Gasteiger partial charge >= 0.3 is 0 Å². The molecule has 2 aliphatic heterocycles. The second-order valence-corrected chi connectivity index (χ2v) is 7.81. The molecular formula is C21H36IN5O. The summed E-state index contributed by atoms with van der Waals surface area (Å²) in [6, 6.07) is 8.64. The van der Waals surface area contributed by atoms with E-state index < -0.39 is 0 Å². The van der Waals surface area contributed by atoms with E-state index in [0.717, 1.165) is 37.8 Å². The van der Waals surface area contributed by atoms with Crippen molar-refractivity contribution >= 4 is 35.6 Å². The molecule has 158 valence electrons. The van der Waals surface area contributed by atoms with Crippen molar-refractivity contribution in [2.45, 2.75) is 32.2 Å². The Labute approximate surface area is 187 Å². The number of aliphatic imine (C=N–C) groups is 1. The fourth-order valence-corrected chi connectivity index (χ4v) is 4.12. The van der Waals surface area contributed by atoms with Crippen molar-refractivity contribution in [3.63, 3.8) is 0 Å². The maximum absolute atomic E-state index is 5.51. The molecule has 0 radical (unpaired) electrons. The smallest absolute Gasteiger partial charge is 0.191 e. The number of methoxy groups -OCH3 is 1. The molecule has 2 fully saturated rings. The second kappa shape index (κ2) is 11.7. The van der Waals surface area contributed by atoms with Gasteiger partial charge in [0.1, 0.15) is 5.75 Å². The summed E-state index contributed by atoms with van der Waals surface area (Å²) in [6.07, 6.45) is 3.81. The monoisotopic (exact) mass is 501 g/mol. The van der Waals surface area contributed by atoms with E-state index in [1.165, 1.54) is 38.2 Å². The van der Waals surface area contributed by atoms with Gasteiger partial charge in [0.25, 0.3) is 0 Å². The number of hydrogen-bond donors (Lipinski definition) is 2. The second-order valence-electron chi connectivity index (χ2n) is 7.81. The molecule has 3 rings (SSSR count). The zero-order valence-electron chi connectivity index (χ0n) is 17.5. The molecule has 28 heavy (non-hydrogen) atoms. The first-order valence-electron chi connectivity index (χ1n) is 10.3. The number of likely N-dealkylation sites (tertiary alicyclic amines) is 1. The average molecular weight is 501 g/mol. The molecule has 1 aromatic rings. The predicted octanol–water partition coefficient (Wildman–Crippen LogP) is 2.79. The van der Waals surface area contributed by atoms with Gasteiger partial charge in [0.15, 0.2) is 5.96 Å². The van der Waals surface area contributed by atoms with Gasteiger partial charge in [-0.15, -0.1) is 24.0 Å². The van der Waals surface area contributed by atoms with Crippen LogP contribution in [-0.4, -0.2) is 70.3 Å². The van der Waals surface area contributed by atoms with E-state index in [4.69, 9.17) is 4.74 Å². The Morgan fingerprint density at radius 1 is 1.25 bits per heavy atom. The normalized spacial score (nSPS) is 21.3. The summed E-state index contributed by atoms with van der Waals surface area (Å²) in [5.74, 6) is 2.47. The minimum Gasteiger partial charge on any atom is -0.495 e. The third kappa shape index (κ3) is 6.40. The third-order valence-electron chi connectivity index (χ3n) is 5.57. The number of halogens is 1. The molecule has 2 atom stereocenters. The summed E-state index contributed by atoms with van der Waals surface area (Å²) in [5, 5.41) is 7.11. The number of guanidine groups is 1. The van der Waals surface area contributed by atoms with Crippen LogP contribution in [0.25, 0.3) is 0 Å². The van der Waals surface area contributed by atoms with Gasteiger partial charge in [0, 0.05) is 39.3 Å². The number of anilines is 1. The lowest BCUT2D eigenvalue weighted by atomic mass is 10.1. The number of nitrogens with one attached hydrogen (secondary N) is 2. The summed E-state index contributed by atoms with van der Waals surface area (Å²) in [4.78, 5) is 9.39. The van der Waals surface area contributed by atoms with Crippen molar-refractivity contribution in [1.82, 2.24) is 15.5 Å². The molecule has 2 aliphatic rings. The molecule has 2 saturated heterocycles. The Balaban J connectivity index is 0.00000280. The van der Waals surface area contributed by atoms with E-state index in [1.54, 1.807) is 7.11 Å². The van der Waals surface area contributed by atoms with Crippen molar-refractivity contribution in [2.24, 2.45) is 10.9 Å². The van der Waals surface area contributed by atoms with Crippen molar-refractivity contribution < 1.29 is 4.74 Å². The zero-order chi connectivity index (χ0) is 19.1. The highest BCUT2D eigenvalue weighted by Gasteiger charge is 2.25. The molecule has 0 amide bonds. The Kier molecular flexibility index (Phi) is 9.64. The van der Waals surface area contributed by atoms with Crippen LogP contribution < -0.4 is 20.3 Å². The highest BCUT2D eigenvalue weighted by molar-refractivity contribution is 14.0. The van der Waals surface area contributed by atoms with Gasteiger partial charge in [-0.25, -0.2) is 0 Å². The Hall–Kier alpha value is -1.22. The van der Waals surface area contributed by atoms with Crippen LogP contribution in [-0.2, 0) is 0 Å². The highest BCUT2D eigenvalue weighted by Crippen LogP contribution is 2.30. The van der Waals surface area contributed by atoms with Gasteiger partial charge in [0.05, 0.1) is 12.8 Å². The van der Waals surface area contributed by atoms with Crippen LogP contribution in [0.1, 0.15) is 26.2 Å². The molecule has 0 spiro atoms. The first kappa shape index (κ1) is 23.1. The van der Waals surface area contributed by atoms with Gasteiger partial charge < -0.3 is 25.2 Å². The fraction of sp³-hybridized carbons (Fsp3) is 0.667. The average Bonchev–Trinajstić information content (AvgIpc) is 3.37. The summed E-state index contributed by atoms with van der Waals surface area (Å²) in [6.45, 7) is 8.97.